The first-order valence-corrected chi connectivity index (χ1v) is 18.6. The van der Waals surface area contributed by atoms with Crippen LogP contribution in [0.5, 0.6) is 5.75 Å². The minimum Gasteiger partial charge on any atom is -0.490 e. The van der Waals surface area contributed by atoms with Crippen LogP contribution in [0.1, 0.15) is 61.5 Å². The molecule has 0 radical (unpaired) electrons. The molecule has 1 aliphatic rings. The number of aliphatic hydroxyl groups excluding tert-OH is 1. The van der Waals surface area contributed by atoms with Gasteiger partial charge in [0.25, 0.3) is 5.91 Å². The van der Waals surface area contributed by atoms with Crippen molar-refractivity contribution >= 4 is 33.3 Å². The molecule has 0 saturated carbocycles. The van der Waals surface area contributed by atoms with Crippen LogP contribution in [-0.4, -0.2) is 86.3 Å². The molecule has 0 bridgehead atoms. The number of alkyl halides is 3. The third-order valence-corrected chi connectivity index (χ3v) is 10.8. The second-order valence-electron chi connectivity index (χ2n) is 13.3. The maximum Gasteiger partial charge on any atom is 0.416 e. The van der Waals surface area contributed by atoms with Crippen molar-refractivity contribution in [3.05, 3.63) is 83.4 Å². The molecule has 4 atom stereocenters. The number of fused-ring (bicyclic) bond motifs is 1. The number of halogens is 3. The average molecular weight is 749 g/mol. The van der Waals surface area contributed by atoms with Gasteiger partial charge in [0.15, 0.2) is 0 Å². The molecule has 52 heavy (non-hydrogen) atoms. The molecule has 15 heteroatoms. The second kappa shape index (κ2) is 17.6. The number of amides is 3. The first kappa shape index (κ1) is 40.6. The van der Waals surface area contributed by atoms with Crippen LogP contribution in [0, 0.1) is 12.8 Å². The van der Waals surface area contributed by atoms with Gasteiger partial charge in [-0.15, -0.1) is 0 Å². The van der Waals surface area contributed by atoms with E-state index in [0.717, 1.165) is 36.2 Å². The Morgan fingerprint density at radius 3 is 2.29 bits per heavy atom. The number of aryl methyl sites for hydroxylation is 1. The highest BCUT2D eigenvalue weighted by molar-refractivity contribution is 7.89. The summed E-state index contributed by atoms with van der Waals surface area (Å²) in [5.41, 5.74) is 0.523. The summed E-state index contributed by atoms with van der Waals surface area (Å²) in [6, 6.07) is 13.7. The van der Waals surface area contributed by atoms with E-state index in [9.17, 15) is 36.3 Å². The summed E-state index contributed by atoms with van der Waals surface area (Å²) in [6.07, 6.45) is -3.38. The molecule has 1 aliphatic heterocycles. The van der Waals surface area contributed by atoms with E-state index in [1.54, 1.807) is 43.3 Å². The Kier molecular flexibility index (Phi) is 13.7. The average Bonchev–Trinajstić information content (AvgIpc) is 3.09. The van der Waals surface area contributed by atoms with E-state index >= 15 is 0 Å². The molecule has 3 aromatic carbocycles. The molecular weight excluding hydrogens is 701 g/mol. The zero-order chi connectivity index (χ0) is 38.2. The van der Waals surface area contributed by atoms with E-state index in [1.807, 2.05) is 20.8 Å². The van der Waals surface area contributed by atoms with Gasteiger partial charge in [0.05, 0.1) is 40.9 Å². The number of carbonyl (C=O) groups excluding carboxylic acids is 2. The van der Waals surface area contributed by atoms with Gasteiger partial charge in [-0.2, -0.15) is 17.5 Å². The summed E-state index contributed by atoms with van der Waals surface area (Å²) in [7, 11) is -2.35. The number of hydrogen-bond acceptors (Lipinski definition) is 7. The van der Waals surface area contributed by atoms with Crippen LogP contribution < -0.4 is 15.4 Å². The van der Waals surface area contributed by atoms with Crippen LogP contribution in [0.2, 0.25) is 0 Å². The van der Waals surface area contributed by atoms with Crippen LogP contribution in [0.3, 0.4) is 0 Å². The number of urea groups is 1. The lowest BCUT2D eigenvalue weighted by atomic mass is 10.0. The van der Waals surface area contributed by atoms with E-state index in [1.165, 1.54) is 22.3 Å². The number of hydrogen-bond donors (Lipinski definition) is 3. The molecule has 11 nitrogen and oxygen atoms in total. The zero-order valence-electron chi connectivity index (χ0n) is 29.9. The second-order valence-corrected chi connectivity index (χ2v) is 15.3. The number of likely N-dealkylation sites (N-methyl/N-ethyl adjacent to an activating group) is 1. The number of nitrogens with zero attached hydrogens (tertiary/aromatic N) is 2. The maximum absolute atomic E-state index is 14.4. The number of anilines is 2. The van der Waals surface area contributed by atoms with Crippen LogP contribution in [0.4, 0.5) is 29.3 Å². The van der Waals surface area contributed by atoms with Crippen LogP contribution >= 0.6 is 0 Å². The zero-order valence-corrected chi connectivity index (χ0v) is 30.8. The van der Waals surface area contributed by atoms with Crippen molar-refractivity contribution in [1.82, 2.24) is 9.21 Å². The van der Waals surface area contributed by atoms with Gasteiger partial charge in [-0.25, -0.2) is 13.2 Å². The standard InChI is InChI=1S/C37H47F3N4O7S/c1-24-9-16-31(17-10-24)52(48,49)43(5)22-34-25(2)21-44(26(3)23-45)35(46)32-20-30(15-18-33(32)51-27(4)8-6-7-19-50-34)42-36(47)41-29-13-11-28(12-14-29)37(38,39)40/h9-18,20,25-27,34,45H,6-8,19,21-23H2,1-5H3,(H2,41,42,47)/t25-,26+,27+,34-/m1/s1. The molecule has 3 amide bonds. The monoisotopic (exact) mass is 748 g/mol. The highest BCUT2D eigenvalue weighted by atomic mass is 32.2. The highest BCUT2D eigenvalue weighted by Crippen LogP contribution is 2.31. The lowest BCUT2D eigenvalue weighted by Gasteiger charge is -2.35. The summed E-state index contributed by atoms with van der Waals surface area (Å²) < 4.78 is 79.6. The fourth-order valence-corrected chi connectivity index (χ4v) is 6.92. The Morgan fingerprint density at radius 1 is 1.02 bits per heavy atom. The summed E-state index contributed by atoms with van der Waals surface area (Å²) in [6.45, 7) is 7.38. The number of benzene rings is 3. The maximum atomic E-state index is 14.4. The lowest BCUT2D eigenvalue weighted by molar-refractivity contribution is -0.137. The van der Waals surface area contributed by atoms with Gasteiger partial charge in [0.1, 0.15) is 5.75 Å². The van der Waals surface area contributed by atoms with Crippen molar-refractivity contribution in [2.45, 2.75) is 76.3 Å². The number of aliphatic hydroxyl groups is 1. The third-order valence-electron chi connectivity index (χ3n) is 8.95. The predicted octanol–water partition coefficient (Wildman–Crippen LogP) is 6.77. The summed E-state index contributed by atoms with van der Waals surface area (Å²) in [5.74, 6) is -0.628. The third kappa shape index (κ3) is 10.7. The minimum atomic E-state index is -4.52. The van der Waals surface area contributed by atoms with Crippen molar-refractivity contribution in [2.24, 2.45) is 5.92 Å². The van der Waals surface area contributed by atoms with Crippen molar-refractivity contribution < 1.29 is 45.8 Å². The molecule has 284 valence electrons. The Bertz CT molecular complexity index is 1770. The van der Waals surface area contributed by atoms with Crippen LogP contribution in [-0.2, 0) is 20.9 Å². The van der Waals surface area contributed by atoms with E-state index in [2.05, 4.69) is 10.6 Å². The Balaban J connectivity index is 1.60. The van der Waals surface area contributed by atoms with Crippen LogP contribution in [0.25, 0.3) is 0 Å². The number of carbonyl (C=O) groups is 2. The first-order valence-electron chi connectivity index (χ1n) is 17.1. The van der Waals surface area contributed by atoms with Gasteiger partial charge in [0, 0.05) is 44.0 Å². The topological polar surface area (TPSA) is 138 Å². The van der Waals surface area contributed by atoms with Gasteiger partial charge in [-0.1, -0.05) is 24.6 Å². The molecule has 0 unspecified atom stereocenters. The number of nitrogens with one attached hydrogen (secondary N) is 2. The van der Waals surface area contributed by atoms with Crippen molar-refractivity contribution in [1.29, 1.82) is 0 Å². The largest absolute Gasteiger partial charge is 0.490 e. The van der Waals surface area contributed by atoms with Gasteiger partial charge in [-0.3, -0.25) is 4.79 Å². The summed E-state index contributed by atoms with van der Waals surface area (Å²) in [5, 5.41) is 15.3. The molecule has 4 rings (SSSR count). The lowest BCUT2D eigenvalue weighted by Crippen LogP contribution is -2.48. The smallest absolute Gasteiger partial charge is 0.416 e. The quantitative estimate of drug-likeness (QED) is 0.231. The highest BCUT2D eigenvalue weighted by Gasteiger charge is 2.33. The van der Waals surface area contributed by atoms with Gasteiger partial charge < -0.3 is 30.1 Å². The Labute approximate surface area is 303 Å². The molecule has 0 aromatic heterocycles. The van der Waals surface area contributed by atoms with Gasteiger partial charge in [-0.05, 0) is 94.6 Å². The molecule has 0 saturated heterocycles. The molecular formula is C37H47F3N4O7S. The summed E-state index contributed by atoms with van der Waals surface area (Å²) in [4.78, 5) is 28.8. The fourth-order valence-electron chi connectivity index (χ4n) is 5.74. The van der Waals surface area contributed by atoms with E-state index < -0.39 is 51.8 Å². The molecule has 0 fully saturated rings. The van der Waals surface area contributed by atoms with Crippen molar-refractivity contribution in [3.8, 4) is 5.75 Å². The fraction of sp³-hybridized carbons (Fsp3) is 0.459. The number of sulfonamides is 1. The molecule has 3 aromatic rings. The Morgan fingerprint density at radius 2 is 1.65 bits per heavy atom. The van der Waals surface area contributed by atoms with E-state index in [4.69, 9.17) is 9.47 Å². The molecule has 3 N–H and O–H groups in total. The van der Waals surface area contributed by atoms with Crippen molar-refractivity contribution in [2.75, 3.05) is 44.0 Å². The molecule has 1 heterocycles. The molecule has 0 spiro atoms. The predicted molar refractivity (Wildman–Crippen MR) is 192 cm³/mol. The summed E-state index contributed by atoms with van der Waals surface area (Å²) >= 11 is 0. The van der Waals surface area contributed by atoms with Crippen molar-refractivity contribution in [3.63, 3.8) is 0 Å². The normalized spacial score (nSPS) is 20.0. The van der Waals surface area contributed by atoms with E-state index in [-0.39, 0.29) is 53.4 Å². The minimum absolute atomic E-state index is 0.0190. The first-order chi connectivity index (χ1) is 24.5. The van der Waals surface area contributed by atoms with Gasteiger partial charge in [0.2, 0.25) is 10.0 Å². The number of ether oxygens (including phenoxy) is 2. The van der Waals surface area contributed by atoms with Crippen LogP contribution in [0.15, 0.2) is 71.6 Å². The van der Waals surface area contributed by atoms with E-state index in [0.29, 0.717) is 19.4 Å². The Hall–Kier alpha value is -4.18. The SMILES string of the molecule is Cc1ccc(S(=O)(=O)N(C)C[C@H]2OCCCC[C@H](C)Oc3ccc(NC(=O)Nc4ccc(C(F)(F)F)cc4)cc3C(=O)N([C@@H](C)CO)C[C@H]2C)cc1. The molecule has 0 aliphatic carbocycles. The van der Waals surface area contributed by atoms with Gasteiger partial charge >= 0.3 is 12.2 Å². The number of rotatable bonds is 8.